The lowest BCUT2D eigenvalue weighted by Gasteiger charge is -2.51. The predicted octanol–water partition coefficient (Wildman–Crippen LogP) is 0.182. The van der Waals surface area contributed by atoms with Gasteiger partial charge in [0.15, 0.2) is 0 Å². The molecule has 3 rings (SSSR count). The maximum atomic E-state index is 12.2. The third kappa shape index (κ3) is 2.45. The maximum Gasteiger partial charge on any atom is 0.292 e. The van der Waals surface area contributed by atoms with Crippen molar-refractivity contribution in [2.45, 2.75) is 43.5 Å². The first-order valence-electron chi connectivity index (χ1n) is 7.19. The van der Waals surface area contributed by atoms with Crippen LogP contribution in [0.15, 0.2) is 16.8 Å². The first kappa shape index (κ1) is 14.5. The number of piperidine rings is 1. The second kappa shape index (κ2) is 5.08. The fourth-order valence-electron chi connectivity index (χ4n) is 3.23. The number of aliphatic hydroxyl groups is 2. The summed E-state index contributed by atoms with van der Waals surface area (Å²) in [6.07, 6.45) is 1.88. The molecule has 21 heavy (non-hydrogen) atoms. The zero-order valence-electron chi connectivity index (χ0n) is 12.0. The number of rotatable bonds is 1. The van der Waals surface area contributed by atoms with Crippen LogP contribution in [0, 0.1) is 0 Å². The van der Waals surface area contributed by atoms with Gasteiger partial charge in [-0.05, 0) is 19.8 Å². The van der Waals surface area contributed by atoms with E-state index in [0.717, 1.165) is 0 Å². The summed E-state index contributed by atoms with van der Waals surface area (Å²) in [7, 11) is 0. The van der Waals surface area contributed by atoms with Crippen LogP contribution in [0.4, 0.5) is 0 Å². The minimum Gasteiger partial charge on any atom is -0.387 e. The van der Waals surface area contributed by atoms with Crippen molar-refractivity contribution < 1.29 is 24.3 Å². The van der Waals surface area contributed by atoms with E-state index >= 15 is 0 Å². The highest BCUT2D eigenvalue weighted by atomic mass is 16.5. The number of ether oxygens (including phenoxy) is 1. The molecule has 0 aliphatic carbocycles. The van der Waals surface area contributed by atoms with E-state index in [2.05, 4.69) is 5.16 Å². The summed E-state index contributed by atoms with van der Waals surface area (Å²) < 4.78 is 10.7. The molecule has 1 spiro atoms. The van der Waals surface area contributed by atoms with Crippen LogP contribution in [0.3, 0.4) is 0 Å². The molecule has 2 saturated heterocycles. The highest BCUT2D eigenvalue weighted by Gasteiger charge is 2.53. The van der Waals surface area contributed by atoms with Crippen LogP contribution in [0.1, 0.15) is 36.7 Å². The minimum absolute atomic E-state index is 0.209. The topological polar surface area (TPSA) is 96.0 Å². The summed E-state index contributed by atoms with van der Waals surface area (Å²) in [6.45, 7) is 2.95. The van der Waals surface area contributed by atoms with Crippen LogP contribution in [0.2, 0.25) is 0 Å². The fourth-order valence-corrected chi connectivity index (χ4v) is 3.23. The van der Waals surface area contributed by atoms with Crippen molar-refractivity contribution in [2.75, 3.05) is 19.7 Å². The van der Waals surface area contributed by atoms with E-state index in [1.165, 1.54) is 12.3 Å². The molecule has 0 aromatic carbocycles. The number of aliphatic hydroxyl groups excluding tert-OH is 1. The zero-order chi connectivity index (χ0) is 15.1. The Bertz CT molecular complexity index is 505. The van der Waals surface area contributed by atoms with Crippen molar-refractivity contribution >= 4 is 5.91 Å². The van der Waals surface area contributed by atoms with Crippen LogP contribution in [0.5, 0.6) is 0 Å². The Kier molecular flexibility index (Phi) is 3.51. The van der Waals surface area contributed by atoms with Gasteiger partial charge in [-0.3, -0.25) is 4.79 Å². The van der Waals surface area contributed by atoms with Crippen molar-refractivity contribution in [3.63, 3.8) is 0 Å². The summed E-state index contributed by atoms with van der Waals surface area (Å²) in [5.74, 6) is 0.00228. The number of carbonyl (C=O) groups is 1. The number of hydrogen-bond donors (Lipinski definition) is 2. The number of amides is 1. The van der Waals surface area contributed by atoms with Crippen LogP contribution < -0.4 is 0 Å². The molecule has 2 N–H and O–H groups in total. The maximum absolute atomic E-state index is 12.2. The molecule has 0 unspecified atom stereocenters. The van der Waals surface area contributed by atoms with E-state index in [9.17, 15) is 15.0 Å². The van der Waals surface area contributed by atoms with Gasteiger partial charge in [-0.1, -0.05) is 5.16 Å². The molecule has 0 saturated carbocycles. The van der Waals surface area contributed by atoms with Gasteiger partial charge in [-0.2, -0.15) is 0 Å². The number of nitrogens with zero attached hydrogens (tertiary/aromatic N) is 2. The molecule has 7 nitrogen and oxygen atoms in total. The lowest BCUT2D eigenvalue weighted by molar-refractivity contribution is -0.244. The number of likely N-dealkylation sites (tertiary alicyclic amines) is 1. The van der Waals surface area contributed by atoms with Gasteiger partial charge >= 0.3 is 0 Å². The summed E-state index contributed by atoms with van der Waals surface area (Å²) >= 11 is 0. The first-order valence-corrected chi connectivity index (χ1v) is 7.19. The molecule has 116 valence electrons. The van der Waals surface area contributed by atoms with Crippen LogP contribution in [-0.4, -0.2) is 63.2 Å². The van der Waals surface area contributed by atoms with Crippen molar-refractivity contribution in [2.24, 2.45) is 0 Å². The molecule has 7 heteroatoms. The van der Waals surface area contributed by atoms with Crippen molar-refractivity contribution in [1.29, 1.82) is 0 Å². The number of aromatic nitrogens is 1. The van der Waals surface area contributed by atoms with Crippen molar-refractivity contribution in [3.05, 3.63) is 18.0 Å². The molecular formula is C14H20N2O5. The smallest absolute Gasteiger partial charge is 0.292 e. The van der Waals surface area contributed by atoms with Gasteiger partial charge in [-0.15, -0.1) is 0 Å². The monoisotopic (exact) mass is 296 g/mol. The standard InChI is InChI=1S/C14H20N2O5/c1-13(19)5-9-20-14(12(13)18)3-7-16(8-4-14)11(17)10-2-6-15-21-10/h2,6,12,18-19H,3-5,7-9H2,1H3/t12-,13+/m0/s1. The molecular weight excluding hydrogens is 276 g/mol. The zero-order valence-corrected chi connectivity index (χ0v) is 12.0. The molecule has 1 aromatic rings. The van der Waals surface area contributed by atoms with E-state index in [0.29, 0.717) is 39.0 Å². The molecule has 1 aromatic heterocycles. The van der Waals surface area contributed by atoms with E-state index in [1.807, 2.05) is 0 Å². The molecule has 0 radical (unpaired) electrons. The van der Waals surface area contributed by atoms with Crippen LogP contribution >= 0.6 is 0 Å². The van der Waals surface area contributed by atoms with Gasteiger partial charge in [0.2, 0.25) is 5.76 Å². The van der Waals surface area contributed by atoms with Gasteiger partial charge in [0.05, 0.1) is 18.4 Å². The van der Waals surface area contributed by atoms with Crippen LogP contribution in [-0.2, 0) is 4.74 Å². The third-order valence-corrected chi connectivity index (χ3v) is 4.63. The fraction of sp³-hybridized carbons (Fsp3) is 0.714. The predicted molar refractivity (Wildman–Crippen MR) is 71.6 cm³/mol. The molecule has 3 heterocycles. The largest absolute Gasteiger partial charge is 0.387 e. The first-order chi connectivity index (χ1) is 9.95. The van der Waals surface area contributed by atoms with Crippen LogP contribution in [0.25, 0.3) is 0 Å². The summed E-state index contributed by atoms with van der Waals surface area (Å²) in [5, 5.41) is 24.2. The molecule has 2 aliphatic heterocycles. The van der Waals surface area contributed by atoms with Gasteiger partial charge in [0.1, 0.15) is 11.7 Å². The highest BCUT2D eigenvalue weighted by molar-refractivity contribution is 5.91. The SMILES string of the molecule is C[C@@]1(O)CCOC2(CCN(C(=O)c3ccno3)CC2)[C@H]1O. The Morgan fingerprint density at radius 3 is 2.76 bits per heavy atom. The lowest BCUT2D eigenvalue weighted by atomic mass is 9.75. The number of hydrogen-bond acceptors (Lipinski definition) is 6. The molecule has 1 amide bonds. The van der Waals surface area contributed by atoms with Gasteiger partial charge in [0.25, 0.3) is 5.91 Å². The average Bonchev–Trinajstić information content (AvgIpc) is 2.99. The Hall–Kier alpha value is -1.44. The Labute approximate surface area is 122 Å². The van der Waals surface area contributed by atoms with E-state index < -0.39 is 17.3 Å². The molecule has 2 aliphatic rings. The summed E-state index contributed by atoms with van der Waals surface area (Å²) in [5.41, 5.74) is -1.91. The van der Waals surface area contributed by atoms with Crippen molar-refractivity contribution in [3.8, 4) is 0 Å². The Balaban J connectivity index is 1.69. The van der Waals surface area contributed by atoms with E-state index in [-0.39, 0.29) is 11.7 Å². The summed E-state index contributed by atoms with van der Waals surface area (Å²) in [6, 6.07) is 1.53. The third-order valence-electron chi connectivity index (χ3n) is 4.63. The van der Waals surface area contributed by atoms with Crippen molar-refractivity contribution in [1.82, 2.24) is 10.1 Å². The second-order valence-electron chi connectivity index (χ2n) is 6.09. The van der Waals surface area contributed by atoms with Gasteiger partial charge in [-0.25, -0.2) is 0 Å². The normalized spacial score (nSPS) is 32.3. The Morgan fingerprint density at radius 1 is 1.43 bits per heavy atom. The molecule has 2 fully saturated rings. The Morgan fingerprint density at radius 2 is 2.14 bits per heavy atom. The average molecular weight is 296 g/mol. The van der Waals surface area contributed by atoms with Gasteiger partial charge < -0.3 is 24.4 Å². The molecule has 2 atom stereocenters. The quantitative estimate of drug-likeness (QED) is 0.767. The summed E-state index contributed by atoms with van der Waals surface area (Å²) in [4.78, 5) is 13.8. The van der Waals surface area contributed by atoms with E-state index in [4.69, 9.17) is 9.26 Å². The molecule has 0 bridgehead atoms. The second-order valence-corrected chi connectivity index (χ2v) is 6.09. The lowest BCUT2D eigenvalue weighted by Crippen LogP contribution is -2.64. The van der Waals surface area contributed by atoms with E-state index in [1.54, 1.807) is 11.8 Å². The minimum atomic E-state index is -1.14. The van der Waals surface area contributed by atoms with Gasteiger partial charge in [0, 0.05) is 25.6 Å². The number of carbonyl (C=O) groups excluding carboxylic acids is 1. The highest BCUT2D eigenvalue weighted by Crippen LogP contribution is 2.39.